The Balaban J connectivity index is 0.00000108. The highest BCUT2D eigenvalue weighted by Gasteiger charge is 2.32. The molecule has 0 aliphatic carbocycles. The van der Waals surface area contributed by atoms with Crippen molar-refractivity contribution in [2.45, 2.75) is 17.7 Å². The van der Waals surface area contributed by atoms with Crippen LogP contribution in [0.15, 0.2) is 65.6 Å². The normalized spacial score (nSPS) is 12.6. The minimum absolute atomic E-state index is 0.0404. The van der Waals surface area contributed by atoms with Gasteiger partial charge < -0.3 is 5.11 Å². The molecule has 0 fully saturated rings. The third-order valence-corrected chi connectivity index (χ3v) is 6.88. The van der Waals surface area contributed by atoms with Crippen LogP contribution in [0.1, 0.15) is 43.9 Å². The first-order valence-electron chi connectivity index (χ1n) is 10.4. The van der Waals surface area contributed by atoms with Gasteiger partial charge in [0.1, 0.15) is 0 Å². The first kappa shape index (κ1) is 25.4. The van der Waals surface area contributed by atoms with Crippen molar-refractivity contribution >= 4 is 44.7 Å². The maximum Gasteiger partial charge on any atom is 0.373 e. The molecule has 2 N–H and O–H groups in total. The van der Waals surface area contributed by atoms with Crippen LogP contribution in [0.3, 0.4) is 0 Å². The number of unbranched alkanes of at least 4 members (excludes halogenated alkanes) is 1. The number of sulfonamides is 1. The Morgan fingerprint density at radius 1 is 0.886 bits per heavy atom. The first-order valence-corrected chi connectivity index (χ1v) is 11.9. The van der Waals surface area contributed by atoms with Crippen molar-refractivity contribution < 1.29 is 37.5 Å². The van der Waals surface area contributed by atoms with Gasteiger partial charge in [-0.15, -0.1) is 0 Å². The van der Waals surface area contributed by atoms with Crippen molar-refractivity contribution in [2.75, 3.05) is 13.1 Å². The van der Waals surface area contributed by atoms with Crippen LogP contribution in [0, 0.1) is 0 Å². The largest absolute Gasteiger partial charge is 0.478 e. The van der Waals surface area contributed by atoms with Crippen molar-refractivity contribution in [2.24, 2.45) is 0 Å². The zero-order valence-electron chi connectivity index (χ0n) is 18.3. The van der Waals surface area contributed by atoms with E-state index in [9.17, 15) is 27.9 Å². The first-order chi connectivity index (χ1) is 16.7. The molecule has 1 aliphatic heterocycles. The number of nitrogens with zero attached hydrogens (tertiary/aromatic N) is 1. The fourth-order valence-electron chi connectivity index (χ4n) is 3.84. The van der Waals surface area contributed by atoms with Crippen molar-refractivity contribution in [3.63, 3.8) is 0 Å². The van der Waals surface area contributed by atoms with Gasteiger partial charge in [0.05, 0.1) is 10.5 Å². The van der Waals surface area contributed by atoms with Gasteiger partial charge in [0.2, 0.25) is 10.0 Å². The van der Waals surface area contributed by atoms with Crippen LogP contribution in [0.5, 0.6) is 0 Å². The van der Waals surface area contributed by atoms with E-state index in [-0.39, 0.29) is 41.5 Å². The fraction of sp³-hybridized carbons (Fsp3) is 0.167. The van der Waals surface area contributed by atoms with E-state index >= 15 is 0 Å². The molecule has 3 aromatic carbocycles. The van der Waals surface area contributed by atoms with Crippen LogP contribution in [-0.2, 0) is 19.6 Å². The molecule has 0 saturated carbocycles. The Morgan fingerprint density at radius 3 is 2.03 bits per heavy atom. The van der Waals surface area contributed by atoms with Crippen molar-refractivity contribution in [1.82, 2.24) is 9.62 Å². The second kappa shape index (κ2) is 10.8. The lowest BCUT2D eigenvalue weighted by atomic mass is 9.94. The number of imide groups is 1. The van der Waals surface area contributed by atoms with E-state index in [1.54, 1.807) is 24.3 Å². The lowest BCUT2D eigenvalue weighted by molar-refractivity contribution is -0.191. The Morgan fingerprint density at radius 2 is 1.46 bits per heavy atom. The summed E-state index contributed by atoms with van der Waals surface area (Å²) < 4.78 is 27.3. The number of carboxylic acid groups (broad SMARTS) is 1. The Bertz CT molecular complexity index is 1390. The predicted octanol–water partition coefficient (Wildman–Crippen LogP) is 2.31. The molecule has 3 aromatic rings. The standard InChI is InChI=1S/C23H20N2O6S.CO2/c26-21-17-10-5-7-15-8-6-11-18(20(15)17)22(27)25(21)14-4-3-13-24-32(30,31)19-12-2-1-9-16(19)23(28)29;2-1-3/h1-2,5-12,24H,3-4,13-14H2,(H,28,29);. The van der Waals surface area contributed by atoms with Gasteiger partial charge >= 0.3 is 12.1 Å². The summed E-state index contributed by atoms with van der Waals surface area (Å²) in [5, 5.41) is 10.7. The van der Waals surface area contributed by atoms with E-state index in [1.807, 2.05) is 12.1 Å². The number of carbonyl (C=O) groups is 3. The molecule has 0 radical (unpaired) electrons. The molecule has 4 rings (SSSR count). The third-order valence-electron chi connectivity index (χ3n) is 5.36. The highest BCUT2D eigenvalue weighted by molar-refractivity contribution is 7.89. The van der Waals surface area contributed by atoms with Gasteiger partial charge in [-0.25, -0.2) is 17.9 Å². The molecule has 0 unspecified atom stereocenters. The smallest absolute Gasteiger partial charge is 0.373 e. The third kappa shape index (κ3) is 5.33. The highest BCUT2D eigenvalue weighted by atomic mass is 32.2. The topological polar surface area (TPSA) is 155 Å². The second-order valence-electron chi connectivity index (χ2n) is 7.46. The lowest BCUT2D eigenvalue weighted by Gasteiger charge is -2.27. The van der Waals surface area contributed by atoms with Crippen molar-refractivity contribution in [1.29, 1.82) is 0 Å². The number of carboxylic acids is 1. The van der Waals surface area contributed by atoms with Gasteiger partial charge in [0, 0.05) is 29.6 Å². The zero-order chi connectivity index (χ0) is 25.6. The number of rotatable bonds is 8. The minimum atomic E-state index is -4.01. The van der Waals surface area contributed by atoms with Gasteiger partial charge in [-0.3, -0.25) is 14.5 Å². The van der Waals surface area contributed by atoms with E-state index in [0.717, 1.165) is 5.39 Å². The van der Waals surface area contributed by atoms with Gasteiger partial charge in [-0.05, 0) is 42.5 Å². The van der Waals surface area contributed by atoms with E-state index in [1.165, 1.54) is 29.2 Å². The average Bonchev–Trinajstić information content (AvgIpc) is 2.84. The molecule has 1 heterocycles. The molecular weight excluding hydrogens is 476 g/mol. The van der Waals surface area contributed by atoms with E-state index in [0.29, 0.717) is 29.4 Å². The van der Waals surface area contributed by atoms with Crippen molar-refractivity contribution in [3.05, 3.63) is 77.4 Å². The van der Waals surface area contributed by atoms with Crippen molar-refractivity contribution in [3.8, 4) is 0 Å². The summed E-state index contributed by atoms with van der Waals surface area (Å²) in [7, 11) is -4.01. The van der Waals surface area contributed by atoms with E-state index in [2.05, 4.69) is 4.72 Å². The quantitative estimate of drug-likeness (QED) is 0.356. The molecule has 11 heteroatoms. The van der Waals surface area contributed by atoms with Crippen LogP contribution in [0.2, 0.25) is 0 Å². The highest BCUT2D eigenvalue weighted by Crippen LogP contribution is 2.30. The molecule has 0 bridgehead atoms. The minimum Gasteiger partial charge on any atom is -0.478 e. The molecular formula is C24H20N2O8S. The summed E-state index contributed by atoms with van der Waals surface area (Å²) in [5.41, 5.74) is 0.643. The maximum atomic E-state index is 12.9. The summed E-state index contributed by atoms with van der Waals surface area (Å²) in [4.78, 5) is 54.1. The van der Waals surface area contributed by atoms with Crippen LogP contribution in [0.25, 0.3) is 10.8 Å². The average molecular weight is 496 g/mol. The summed E-state index contributed by atoms with van der Waals surface area (Å²) in [6, 6.07) is 16.0. The van der Waals surface area contributed by atoms with Gasteiger partial charge in [-0.1, -0.05) is 36.4 Å². The van der Waals surface area contributed by atoms with Crippen LogP contribution >= 0.6 is 0 Å². The molecule has 0 atom stereocenters. The summed E-state index contributed by atoms with van der Waals surface area (Å²) in [6.07, 6.45) is 0.996. The Labute approximate surface area is 200 Å². The molecule has 35 heavy (non-hydrogen) atoms. The zero-order valence-corrected chi connectivity index (χ0v) is 19.1. The van der Waals surface area contributed by atoms with Crippen LogP contribution in [0.4, 0.5) is 0 Å². The maximum absolute atomic E-state index is 12.9. The number of benzene rings is 3. The molecule has 180 valence electrons. The molecule has 10 nitrogen and oxygen atoms in total. The summed E-state index contributed by atoms with van der Waals surface area (Å²) in [5.74, 6) is -2.06. The molecule has 0 saturated heterocycles. The molecule has 0 spiro atoms. The fourth-order valence-corrected chi connectivity index (χ4v) is 5.11. The Kier molecular flexibility index (Phi) is 7.87. The van der Waals surface area contributed by atoms with Crippen LogP contribution in [-0.4, -0.2) is 55.4 Å². The number of nitrogens with one attached hydrogen (secondary N) is 1. The monoisotopic (exact) mass is 496 g/mol. The second-order valence-corrected chi connectivity index (χ2v) is 9.20. The number of hydrogen-bond acceptors (Lipinski definition) is 7. The number of carbonyl (C=O) groups excluding carboxylic acids is 4. The van der Waals surface area contributed by atoms with E-state index < -0.39 is 16.0 Å². The number of aromatic carboxylic acids is 1. The summed E-state index contributed by atoms with van der Waals surface area (Å²) >= 11 is 0. The molecule has 0 aromatic heterocycles. The predicted molar refractivity (Wildman–Crippen MR) is 122 cm³/mol. The van der Waals surface area contributed by atoms with E-state index in [4.69, 9.17) is 9.59 Å². The summed E-state index contributed by atoms with van der Waals surface area (Å²) in [6.45, 7) is 0.189. The molecule has 1 aliphatic rings. The SMILES string of the molecule is O=C(O)c1ccccc1S(=O)(=O)NCCCCN1C(=O)c2cccc3cccc(c23)C1=O.O=C=O. The molecule has 2 amide bonds. The van der Waals surface area contributed by atoms with Gasteiger partial charge in [0.25, 0.3) is 11.8 Å². The van der Waals surface area contributed by atoms with Crippen LogP contribution < -0.4 is 4.72 Å². The Hall–Kier alpha value is -4.18. The number of amides is 2. The number of hydrogen-bond donors (Lipinski definition) is 2. The van der Waals surface area contributed by atoms with Gasteiger partial charge in [0.15, 0.2) is 0 Å². The van der Waals surface area contributed by atoms with Gasteiger partial charge in [-0.2, -0.15) is 9.59 Å². The lowest BCUT2D eigenvalue weighted by Crippen LogP contribution is -2.41.